The molecular formula is C14H18O4. The fourth-order valence-electron chi connectivity index (χ4n) is 1.46. The summed E-state index contributed by atoms with van der Waals surface area (Å²) in [6, 6.07) is 7.07. The van der Waals surface area contributed by atoms with Crippen LogP contribution in [-0.2, 0) is 9.53 Å². The molecule has 0 amide bonds. The zero-order valence-electron chi connectivity index (χ0n) is 10.6. The van der Waals surface area contributed by atoms with Crippen LogP contribution in [0.2, 0.25) is 0 Å². The van der Waals surface area contributed by atoms with E-state index in [9.17, 15) is 9.59 Å². The van der Waals surface area contributed by atoms with Crippen LogP contribution in [0.5, 0.6) is 5.75 Å². The number of aldehydes is 1. The lowest BCUT2D eigenvalue weighted by atomic mass is 10.2. The van der Waals surface area contributed by atoms with E-state index in [2.05, 4.69) is 0 Å². The molecule has 0 heterocycles. The molecule has 4 nitrogen and oxygen atoms in total. The lowest BCUT2D eigenvalue weighted by molar-refractivity contribution is -0.141. The van der Waals surface area contributed by atoms with Gasteiger partial charge >= 0.3 is 5.97 Å². The highest BCUT2D eigenvalue weighted by atomic mass is 16.5. The molecule has 0 aliphatic heterocycles. The van der Waals surface area contributed by atoms with Crippen molar-refractivity contribution < 1.29 is 19.1 Å². The van der Waals surface area contributed by atoms with E-state index < -0.39 is 0 Å². The minimum Gasteiger partial charge on any atom is -0.494 e. The highest BCUT2D eigenvalue weighted by Crippen LogP contribution is 2.12. The van der Waals surface area contributed by atoms with Crippen LogP contribution in [0.1, 0.15) is 36.5 Å². The molecule has 0 N–H and O–H groups in total. The Balaban J connectivity index is 2.10. The van der Waals surface area contributed by atoms with Crippen molar-refractivity contribution in [2.45, 2.75) is 26.2 Å². The number of ether oxygens (including phenoxy) is 2. The van der Waals surface area contributed by atoms with Crippen LogP contribution >= 0.6 is 0 Å². The van der Waals surface area contributed by atoms with Gasteiger partial charge in [0.05, 0.1) is 13.2 Å². The van der Waals surface area contributed by atoms with E-state index in [0.717, 1.165) is 25.5 Å². The summed E-state index contributed by atoms with van der Waals surface area (Å²) in [5.74, 6) is 0.469. The SMILES string of the molecule is CC(=O)OCCCCCOc1cccc(C=O)c1. The maximum absolute atomic E-state index is 10.6. The maximum Gasteiger partial charge on any atom is 0.302 e. The van der Waals surface area contributed by atoms with Gasteiger partial charge in [0.1, 0.15) is 12.0 Å². The van der Waals surface area contributed by atoms with E-state index in [-0.39, 0.29) is 5.97 Å². The average Bonchev–Trinajstić information content (AvgIpc) is 2.37. The van der Waals surface area contributed by atoms with Crippen LogP contribution in [-0.4, -0.2) is 25.5 Å². The molecule has 0 saturated carbocycles. The highest BCUT2D eigenvalue weighted by Gasteiger charge is 1.97. The van der Waals surface area contributed by atoms with E-state index in [0.29, 0.717) is 24.5 Å². The molecule has 1 rings (SSSR count). The topological polar surface area (TPSA) is 52.6 Å². The van der Waals surface area contributed by atoms with Crippen LogP contribution in [0.3, 0.4) is 0 Å². The fourth-order valence-corrected chi connectivity index (χ4v) is 1.46. The van der Waals surface area contributed by atoms with Crippen molar-refractivity contribution in [2.24, 2.45) is 0 Å². The van der Waals surface area contributed by atoms with Gasteiger partial charge in [-0.25, -0.2) is 0 Å². The summed E-state index contributed by atoms with van der Waals surface area (Å²) in [4.78, 5) is 21.1. The third kappa shape index (κ3) is 6.03. The molecule has 0 aliphatic carbocycles. The van der Waals surface area contributed by atoms with Crippen LogP contribution in [0.4, 0.5) is 0 Å². The van der Waals surface area contributed by atoms with Gasteiger partial charge < -0.3 is 9.47 Å². The number of unbranched alkanes of at least 4 members (excludes halogenated alkanes) is 2. The van der Waals surface area contributed by atoms with Crippen molar-refractivity contribution in [1.82, 2.24) is 0 Å². The summed E-state index contributed by atoms with van der Waals surface area (Å²) in [6.07, 6.45) is 3.48. The normalized spacial score (nSPS) is 9.83. The molecule has 0 saturated heterocycles. The molecule has 0 aliphatic rings. The first kappa shape index (κ1) is 14.2. The second-order valence-corrected chi connectivity index (χ2v) is 3.94. The number of hydrogen-bond acceptors (Lipinski definition) is 4. The lowest BCUT2D eigenvalue weighted by Crippen LogP contribution is -2.02. The molecule has 0 bridgehead atoms. The minimum atomic E-state index is -0.239. The Kier molecular flexibility index (Phi) is 6.54. The summed E-state index contributed by atoms with van der Waals surface area (Å²) in [5.41, 5.74) is 0.613. The third-order valence-electron chi connectivity index (χ3n) is 2.36. The number of hydrogen-bond donors (Lipinski definition) is 0. The molecule has 0 spiro atoms. The van der Waals surface area contributed by atoms with Gasteiger partial charge in [-0.1, -0.05) is 12.1 Å². The van der Waals surface area contributed by atoms with Gasteiger partial charge in [-0.05, 0) is 31.4 Å². The molecular weight excluding hydrogens is 232 g/mol. The van der Waals surface area contributed by atoms with Crippen LogP contribution in [0, 0.1) is 0 Å². The van der Waals surface area contributed by atoms with Gasteiger partial charge in [0.15, 0.2) is 0 Å². The molecule has 4 heteroatoms. The average molecular weight is 250 g/mol. The quantitative estimate of drug-likeness (QED) is 0.404. The summed E-state index contributed by atoms with van der Waals surface area (Å²) >= 11 is 0. The van der Waals surface area contributed by atoms with E-state index in [1.54, 1.807) is 18.2 Å². The van der Waals surface area contributed by atoms with Gasteiger partial charge in [-0.15, -0.1) is 0 Å². The van der Waals surface area contributed by atoms with E-state index in [1.165, 1.54) is 6.92 Å². The van der Waals surface area contributed by atoms with Crippen molar-refractivity contribution in [3.8, 4) is 5.75 Å². The van der Waals surface area contributed by atoms with Gasteiger partial charge in [-0.2, -0.15) is 0 Å². The molecule has 1 aromatic carbocycles. The fraction of sp³-hybridized carbons (Fsp3) is 0.429. The first-order valence-electron chi connectivity index (χ1n) is 6.04. The molecule has 18 heavy (non-hydrogen) atoms. The third-order valence-corrected chi connectivity index (χ3v) is 2.36. The van der Waals surface area contributed by atoms with Crippen molar-refractivity contribution >= 4 is 12.3 Å². The standard InChI is InChI=1S/C14H18O4/c1-12(16)17-8-3-2-4-9-18-14-7-5-6-13(10-14)11-15/h5-7,10-11H,2-4,8-9H2,1H3. The van der Waals surface area contributed by atoms with E-state index in [4.69, 9.17) is 9.47 Å². The Labute approximate surface area is 107 Å². The summed E-state index contributed by atoms with van der Waals surface area (Å²) < 4.78 is 10.3. The second kappa shape index (κ2) is 8.28. The Morgan fingerprint density at radius 3 is 2.72 bits per heavy atom. The van der Waals surface area contributed by atoms with Gasteiger partial charge in [0, 0.05) is 12.5 Å². The summed E-state index contributed by atoms with van der Waals surface area (Å²) in [5, 5.41) is 0. The molecule has 0 aromatic heterocycles. The van der Waals surface area contributed by atoms with Crippen molar-refractivity contribution in [1.29, 1.82) is 0 Å². The molecule has 0 atom stereocenters. The minimum absolute atomic E-state index is 0.239. The molecule has 0 fully saturated rings. The molecule has 0 unspecified atom stereocenters. The van der Waals surface area contributed by atoms with E-state index in [1.807, 2.05) is 6.07 Å². The second-order valence-electron chi connectivity index (χ2n) is 3.94. The van der Waals surface area contributed by atoms with Crippen LogP contribution < -0.4 is 4.74 Å². The zero-order chi connectivity index (χ0) is 13.2. The van der Waals surface area contributed by atoms with Crippen LogP contribution in [0.25, 0.3) is 0 Å². The van der Waals surface area contributed by atoms with E-state index >= 15 is 0 Å². The largest absolute Gasteiger partial charge is 0.494 e. The first-order valence-corrected chi connectivity index (χ1v) is 6.04. The Morgan fingerprint density at radius 1 is 1.22 bits per heavy atom. The summed E-state index contributed by atoms with van der Waals surface area (Å²) in [6.45, 7) is 2.47. The Morgan fingerprint density at radius 2 is 2.00 bits per heavy atom. The number of esters is 1. The van der Waals surface area contributed by atoms with Gasteiger partial charge in [0.25, 0.3) is 0 Å². The highest BCUT2D eigenvalue weighted by molar-refractivity contribution is 5.75. The summed E-state index contributed by atoms with van der Waals surface area (Å²) in [7, 11) is 0. The number of benzene rings is 1. The number of carbonyl (C=O) groups excluding carboxylic acids is 2. The first-order chi connectivity index (χ1) is 8.72. The molecule has 98 valence electrons. The van der Waals surface area contributed by atoms with Gasteiger partial charge in [-0.3, -0.25) is 9.59 Å². The van der Waals surface area contributed by atoms with Crippen molar-refractivity contribution in [2.75, 3.05) is 13.2 Å². The zero-order valence-corrected chi connectivity index (χ0v) is 10.6. The van der Waals surface area contributed by atoms with Crippen LogP contribution in [0.15, 0.2) is 24.3 Å². The monoisotopic (exact) mass is 250 g/mol. The predicted molar refractivity (Wildman–Crippen MR) is 67.8 cm³/mol. The molecule has 0 radical (unpaired) electrons. The van der Waals surface area contributed by atoms with Crippen molar-refractivity contribution in [3.05, 3.63) is 29.8 Å². The Bertz CT molecular complexity index is 387. The van der Waals surface area contributed by atoms with Crippen molar-refractivity contribution in [3.63, 3.8) is 0 Å². The molecule has 1 aromatic rings. The smallest absolute Gasteiger partial charge is 0.302 e. The number of carbonyl (C=O) groups is 2. The lowest BCUT2D eigenvalue weighted by Gasteiger charge is -2.06. The maximum atomic E-state index is 10.6. The predicted octanol–water partition coefficient (Wildman–Crippen LogP) is 2.61. The number of rotatable bonds is 8. The van der Waals surface area contributed by atoms with Gasteiger partial charge in [0.2, 0.25) is 0 Å². The Hall–Kier alpha value is -1.84.